The van der Waals surface area contributed by atoms with Gasteiger partial charge in [0, 0.05) is 6.04 Å². The molecule has 1 rings (SSSR count). The van der Waals surface area contributed by atoms with E-state index in [1.54, 1.807) is 6.07 Å². The number of unbranched alkanes of at least 4 members (excludes halogenated alkanes) is 1. The van der Waals surface area contributed by atoms with Crippen molar-refractivity contribution in [2.75, 3.05) is 6.54 Å². The summed E-state index contributed by atoms with van der Waals surface area (Å²) in [6, 6.07) is 5.47. The van der Waals surface area contributed by atoms with Crippen LogP contribution in [0.2, 0.25) is 0 Å². The van der Waals surface area contributed by atoms with E-state index in [0.29, 0.717) is 18.5 Å². The van der Waals surface area contributed by atoms with Gasteiger partial charge in [0.15, 0.2) is 0 Å². The molecule has 0 aromatic heterocycles. The Kier molecular flexibility index (Phi) is 7.82. The second kappa shape index (κ2) is 8.24. The highest BCUT2D eigenvalue weighted by atomic mass is 35.5. The molecule has 7 heteroatoms. The average Bonchev–Trinajstić information content (AvgIpc) is 2.27. The van der Waals surface area contributed by atoms with Crippen LogP contribution in [0.15, 0.2) is 24.3 Å². The number of halogens is 4. The van der Waals surface area contributed by atoms with Gasteiger partial charge in [0.05, 0.1) is 0 Å². The number of rotatable bonds is 6. The Morgan fingerprint density at radius 2 is 1.89 bits per heavy atom. The SMILES string of the molecule is Cl.NCCCC[C@H](N)c1cccc(OC(F)(F)F)c1. The van der Waals surface area contributed by atoms with Crippen molar-refractivity contribution in [1.29, 1.82) is 0 Å². The first-order valence-corrected chi connectivity index (χ1v) is 5.74. The summed E-state index contributed by atoms with van der Waals surface area (Å²) < 4.78 is 40.0. The lowest BCUT2D eigenvalue weighted by Crippen LogP contribution is -2.17. The van der Waals surface area contributed by atoms with Gasteiger partial charge in [-0.15, -0.1) is 25.6 Å². The summed E-state index contributed by atoms with van der Waals surface area (Å²) in [7, 11) is 0. The predicted molar refractivity (Wildman–Crippen MR) is 70.2 cm³/mol. The van der Waals surface area contributed by atoms with E-state index < -0.39 is 6.36 Å². The summed E-state index contributed by atoms with van der Waals surface area (Å²) in [6.45, 7) is 0.587. The molecule has 0 saturated carbocycles. The molecule has 110 valence electrons. The largest absolute Gasteiger partial charge is 0.573 e. The number of alkyl halides is 3. The normalized spacial score (nSPS) is 12.7. The molecule has 0 unspecified atom stereocenters. The molecule has 0 aliphatic heterocycles. The highest BCUT2D eigenvalue weighted by Gasteiger charge is 2.31. The standard InChI is InChI=1S/C12H17F3N2O.ClH/c13-12(14,15)18-10-5-3-4-9(8-10)11(17)6-1-2-7-16;/h3-5,8,11H,1-2,6-7,16-17H2;1H/t11-;/m0./s1. The number of hydrogen-bond donors (Lipinski definition) is 2. The van der Waals surface area contributed by atoms with E-state index >= 15 is 0 Å². The summed E-state index contributed by atoms with van der Waals surface area (Å²) in [5, 5.41) is 0. The molecule has 1 atom stereocenters. The molecule has 0 bridgehead atoms. The monoisotopic (exact) mass is 298 g/mol. The Morgan fingerprint density at radius 1 is 1.21 bits per heavy atom. The molecule has 3 nitrogen and oxygen atoms in total. The van der Waals surface area contributed by atoms with Gasteiger partial charge in [0.25, 0.3) is 0 Å². The maximum atomic E-state index is 12.1. The number of benzene rings is 1. The Bertz CT molecular complexity index is 374. The van der Waals surface area contributed by atoms with Crippen LogP contribution in [0, 0.1) is 0 Å². The molecular formula is C12H18ClF3N2O. The molecule has 0 amide bonds. The molecular weight excluding hydrogens is 281 g/mol. The molecule has 0 radical (unpaired) electrons. The van der Waals surface area contributed by atoms with Crippen LogP contribution < -0.4 is 16.2 Å². The van der Waals surface area contributed by atoms with Gasteiger partial charge in [0.2, 0.25) is 0 Å². The smallest absolute Gasteiger partial charge is 0.406 e. The van der Waals surface area contributed by atoms with Crippen molar-refractivity contribution in [3.8, 4) is 5.75 Å². The lowest BCUT2D eigenvalue weighted by atomic mass is 10.0. The van der Waals surface area contributed by atoms with Crippen LogP contribution in [0.3, 0.4) is 0 Å². The van der Waals surface area contributed by atoms with Gasteiger partial charge in [-0.25, -0.2) is 0 Å². The Hall–Kier alpha value is -0.980. The zero-order valence-corrected chi connectivity index (χ0v) is 11.1. The fourth-order valence-corrected chi connectivity index (χ4v) is 1.62. The van der Waals surface area contributed by atoms with E-state index in [0.717, 1.165) is 12.8 Å². The van der Waals surface area contributed by atoms with E-state index in [4.69, 9.17) is 11.5 Å². The summed E-state index contributed by atoms with van der Waals surface area (Å²) in [4.78, 5) is 0. The van der Waals surface area contributed by atoms with Crippen LogP contribution in [-0.2, 0) is 0 Å². The second-order valence-electron chi connectivity index (χ2n) is 4.01. The number of ether oxygens (including phenoxy) is 1. The van der Waals surface area contributed by atoms with Crippen LogP contribution in [0.5, 0.6) is 5.75 Å². The summed E-state index contributed by atoms with van der Waals surface area (Å²) in [5.41, 5.74) is 11.9. The van der Waals surface area contributed by atoms with E-state index in [-0.39, 0.29) is 24.2 Å². The van der Waals surface area contributed by atoms with Gasteiger partial charge in [0.1, 0.15) is 5.75 Å². The van der Waals surface area contributed by atoms with E-state index in [2.05, 4.69) is 4.74 Å². The fraction of sp³-hybridized carbons (Fsp3) is 0.500. The zero-order chi connectivity index (χ0) is 13.6. The second-order valence-corrected chi connectivity index (χ2v) is 4.01. The minimum Gasteiger partial charge on any atom is -0.406 e. The third-order valence-corrected chi connectivity index (χ3v) is 2.49. The van der Waals surface area contributed by atoms with Crippen molar-refractivity contribution in [1.82, 2.24) is 0 Å². The highest BCUT2D eigenvalue weighted by Crippen LogP contribution is 2.26. The van der Waals surface area contributed by atoms with Gasteiger partial charge < -0.3 is 16.2 Å². The summed E-state index contributed by atoms with van der Waals surface area (Å²) in [5.74, 6) is -0.241. The molecule has 0 heterocycles. The van der Waals surface area contributed by atoms with Crippen molar-refractivity contribution < 1.29 is 17.9 Å². The average molecular weight is 299 g/mol. The third kappa shape index (κ3) is 7.25. The van der Waals surface area contributed by atoms with Crippen LogP contribution >= 0.6 is 12.4 Å². The topological polar surface area (TPSA) is 61.3 Å². The van der Waals surface area contributed by atoms with E-state index in [1.807, 2.05) is 0 Å². The van der Waals surface area contributed by atoms with Gasteiger partial charge in [-0.05, 0) is 37.1 Å². The van der Waals surface area contributed by atoms with Gasteiger partial charge in [-0.2, -0.15) is 0 Å². The predicted octanol–water partition coefficient (Wildman–Crippen LogP) is 3.14. The van der Waals surface area contributed by atoms with Crippen molar-refractivity contribution in [3.05, 3.63) is 29.8 Å². The lowest BCUT2D eigenvalue weighted by molar-refractivity contribution is -0.274. The third-order valence-electron chi connectivity index (χ3n) is 2.49. The van der Waals surface area contributed by atoms with Crippen molar-refractivity contribution in [3.63, 3.8) is 0 Å². The fourth-order valence-electron chi connectivity index (χ4n) is 1.62. The molecule has 4 N–H and O–H groups in total. The van der Waals surface area contributed by atoms with Crippen molar-refractivity contribution in [2.45, 2.75) is 31.7 Å². The number of nitrogens with two attached hydrogens (primary N) is 2. The first-order chi connectivity index (χ1) is 8.42. The molecule has 0 aliphatic carbocycles. The van der Waals surface area contributed by atoms with Crippen LogP contribution in [-0.4, -0.2) is 12.9 Å². The molecule has 1 aromatic carbocycles. The minimum absolute atomic E-state index is 0. The first-order valence-electron chi connectivity index (χ1n) is 5.74. The molecule has 1 aromatic rings. The maximum Gasteiger partial charge on any atom is 0.573 e. The minimum atomic E-state index is -4.68. The van der Waals surface area contributed by atoms with Crippen LogP contribution in [0.25, 0.3) is 0 Å². The first kappa shape index (κ1) is 18.0. The summed E-state index contributed by atoms with van der Waals surface area (Å²) in [6.07, 6.45) is -2.29. The van der Waals surface area contributed by atoms with Gasteiger partial charge in [-0.3, -0.25) is 0 Å². The molecule has 0 aliphatic rings. The Labute approximate surface area is 116 Å². The van der Waals surface area contributed by atoms with Crippen LogP contribution in [0.4, 0.5) is 13.2 Å². The van der Waals surface area contributed by atoms with Crippen LogP contribution in [0.1, 0.15) is 30.9 Å². The maximum absolute atomic E-state index is 12.1. The van der Waals surface area contributed by atoms with Crippen molar-refractivity contribution >= 4 is 12.4 Å². The molecule has 0 saturated heterocycles. The molecule has 0 spiro atoms. The quantitative estimate of drug-likeness (QED) is 0.793. The Balaban J connectivity index is 0.00000324. The van der Waals surface area contributed by atoms with Gasteiger partial charge >= 0.3 is 6.36 Å². The van der Waals surface area contributed by atoms with Crippen molar-refractivity contribution in [2.24, 2.45) is 11.5 Å². The van der Waals surface area contributed by atoms with Gasteiger partial charge in [-0.1, -0.05) is 18.6 Å². The van der Waals surface area contributed by atoms with E-state index in [1.165, 1.54) is 18.2 Å². The number of hydrogen-bond acceptors (Lipinski definition) is 3. The highest BCUT2D eigenvalue weighted by molar-refractivity contribution is 5.85. The molecule has 0 fully saturated rings. The zero-order valence-electron chi connectivity index (χ0n) is 10.3. The lowest BCUT2D eigenvalue weighted by Gasteiger charge is -2.14. The van der Waals surface area contributed by atoms with E-state index in [9.17, 15) is 13.2 Å². The Morgan fingerprint density at radius 3 is 2.47 bits per heavy atom. The molecule has 19 heavy (non-hydrogen) atoms. The summed E-state index contributed by atoms with van der Waals surface area (Å²) >= 11 is 0.